The lowest BCUT2D eigenvalue weighted by molar-refractivity contribution is 0.227. The third-order valence-corrected chi connectivity index (χ3v) is 2.78. The van der Waals surface area contributed by atoms with Crippen LogP contribution in [0, 0.1) is 5.41 Å². The highest BCUT2D eigenvalue weighted by Gasteiger charge is 2.27. The summed E-state index contributed by atoms with van der Waals surface area (Å²) in [4.78, 5) is 0. The van der Waals surface area contributed by atoms with Gasteiger partial charge in [0, 0.05) is 6.04 Å². The predicted molar refractivity (Wildman–Crippen MR) is 50.0 cm³/mol. The summed E-state index contributed by atoms with van der Waals surface area (Å²) in [7, 11) is 5.70. The van der Waals surface area contributed by atoms with E-state index in [1.54, 1.807) is 0 Å². The van der Waals surface area contributed by atoms with Crippen LogP contribution in [-0.2, 0) is 0 Å². The monoisotopic (exact) mass is 151 g/mol. The lowest BCUT2D eigenvalue weighted by Gasteiger charge is -2.37. The molecule has 1 rings (SSSR count). The minimum Gasteiger partial charge on any atom is -0.313 e. The van der Waals surface area contributed by atoms with Gasteiger partial charge in [-0.2, -0.15) is 0 Å². The van der Waals surface area contributed by atoms with Crippen molar-refractivity contribution in [3.8, 4) is 0 Å². The number of hydrogen-bond acceptors (Lipinski definition) is 1. The van der Waals surface area contributed by atoms with Crippen LogP contribution in [0.2, 0.25) is 6.32 Å². The Bertz CT molecular complexity index is 117. The molecule has 1 atom stereocenters. The Kier molecular flexibility index (Phi) is 3.00. The van der Waals surface area contributed by atoms with Crippen LogP contribution in [0.5, 0.6) is 0 Å². The molecule has 0 amide bonds. The van der Waals surface area contributed by atoms with Crippen molar-refractivity contribution in [2.75, 3.05) is 6.54 Å². The lowest BCUT2D eigenvalue weighted by Crippen LogP contribution is -2.44. The molecule has 1 nitrogen and oxygen atoms in total. The Morgan fingerprint density at radius 1 is 1.45 bits per heavy atom. The Hall–Kier alpha value is 0.0249. The van der Waals surface area contributed by atoms with Gasteiger partial charge in [0.2, 0.25) is 0 Å². The highest BCUT2D eigenvalue weighted by molar-refractivity contribution is 6.09. The first-order valence-electron chi connectivity index (χ1n) is 4.60. The zero-order chi connectivity index (χ0) is 8.32. The van der Waals surface area contributed by atoms with Gasteiger partial charge in [0.15, 0.2) is 0 Å². The van der Waals surface area contributed by atoms with E-state index in [9.17, 15) is 0 Å². The van der Waals surface area contributed by atoms with Crippen molar-refractivity contribution in [1.82, 2.24) is 5.32 Å². The minimum atomic E-state index is 0.278. The zero-order valence-corrected chi connectivity index (χ0v) is 7.69. The van der Waals surface area contributed by atoms with Crippen LogP contribution >= 0.6 is 0 Å². The van der Waals surface area contributed by atoms with Gasteiger partial charge in [-0.25, -0.2) is 0 Å². The van der Waals surface area contributed by atoms with Crippen LogP contribution in [0.1, 0.15) is 33.1 Å². The second-order valence-corrected chi connectivity index (χ2v) is 4.20. The Balaban J connectivity index is 2.43. The quantitative estimate of drug-likeness (QED) is 0.592. The first-order chi connectivity index (χ1) is 5.17. The highest BCUT2D eigenvalue weighted by atomic mass is 14.9. The van der Waals surface area contributed by atoms with Crippen molar-refractivity contribution >= 4 is 7.85 Å². The molecule has 0 aromatic rings. The average molecular weight is 151 g/mol. The van der Waals surface area contributed by atoms with E-state index in [-0.39, 0.29) is 5.41 Å². The fourth-order valence-corrected chi connectivity index (χ4v) is 1.66. The van der Waals surface area contributed by atoms with E-state index in [2.05, 4.69) is 19.2 Å². The second kappa shape index (κ2) is 3.62. The molecule has 0 saturated carbocycles. The van der Waals surface area contributed by atoms with Crippen molar-refractivity contribution < 1.29 is 0 Å². The molecule has 1 aliphatic heterocycles. The fourth-order valence-electron chi connectivity index (χ4n) is 1.66. The smallest absolute Gasteiger partial charge is 0.0661 e. The van der Waals surface area contributed by atoms with Gasteiger partial charge in [-0.1, -0.05) is 26.6 Å². The Labute approximate surface area is 71.4 Å². The number of nitrogens with one attached hydrogen (secondary N) is 1. The van der Waals surface area contributed by atoms with Gasteiger partial charge in [-0.15, -0.1) is 0 Å². The van der Waals surface area contributed by atoms with Crippen molar-refractivity contribution in [3.05, 3.63) is 0 Å². The molecule has 1 fully saturated rings. The summed E-state index contributed by atoms with van der Waals surface area (Å²) in [5.41, 5.74) is 0.278. The predicted octanol–water partition coefficient (Wildman–Crippen LogP) is 1.74. The summed E-state index contributed by atoms with van der Waals surface area (Å²) < 4.78 is 0. The summed E-state index contributed by atoms with van der Waals surface area (Å²) in [5, 5.41) is 3.53. The van der Waals surface area contributed by atoms with Gasteiger partial charge >= 0.3 is 0 Å². The average Bonchev–Trinajstić information content (AvgIpc) is 2.06. The summed E-state index contributed by atoms with van der Waals surface area (Å²) in [5.74, 6) is 0. The molecule has 1 unspecified atom stereocenters. The van der Waals surface area contributed by atoms with Crippen LogP contribution < -0.4 is 5.32 Å². The van der Waals surface area contributed by atoms with Gasteiger partial charge in [0.05, 0.1) is 7.85 Å². The molecule has 1 N–H and O–H groups in total. The van der Waals surface area contributed by atoms with Crippen LogP contribution in [0.4, 0.5) is 0 Å². The molecule has 11 heavy (non-hydrogen) atoms. The van der Waals surface area contributed by atoms with Crippen molar-refractivity contribution in [2.24, 2.45) is 5.41 Å². The fraction of sp³-hybridized carbons (Fsp3) is 1.00. The van der Waals surface area contributed by atoms with E-state index in [1.165, 1.54) is 25.8 Å². The molecule has 0 aromatic heterocycles. The molecule has 62 valence electrons. The summed E-state index contributed by atoms with van der Waals surface area (Å²) >= 11 is 0. The molecule has 1 aliphatic rings. The first-order valence-corrected chi connectivity index (χ1v) is 4.60. The highest BCUT2D eigenvalue weighted by Crippen LogP contribution is 2.29. The Morgan fingerprint density at radius 2 is 2.18 bits per heavy atom. The molecule has 1 heterocycles. The van der Waals surface area contributed by atoms with Gasteiger partial charge in [0.1, 0.15) is 0 Å². The Morgan fingerprint density at radius 3 is 2.64 bits per heavy atom. The van der Waals surface area contributed by atoms with Crippen LogP contribution in [0.15, 0.2) is 0 Å². The van der Waals surface area contributed by atoms with Gasteiger partial charge in [-0.3, -0.25) is 0 Å². The van der Waals surface area contributed by atoms with Crippen LogP contribution in [0.25, 0.3) is 0 Å². The maximum atomic E-state index is 5.70. The van der Waals surface area contributed by atoms with E-state index in [0.29, 0.717) is 6.04 Å². The molecule has 0 bridgehead atoms. The molecular weight excluding hydrogens is 133 g/mol. The van der Waals surface area contributed by atoms with Crippen molar-refractivity contribution in [3.63, 3.8) is 0 Å². The van der Waals surface area contributed by atoms with Gasteiger partial charge in [0.25, 0.3) is 0 Å². The van der Waals surface area contributed by atoms with E-state index >= 15 is 0 Å². The molecule has 1 saturated heterocycles. The summed E-state index contributed by atoms with van der Waals surface area (Å²) in [6.45, 7) is 5.67. The lowest BCUT2D eigenvalue weighted by atomic mass is 9.71. The largest absolute Gasteiger partial charge is 0.313 e. The molecule has 0 aromatic carbocycles. The maximum Gasteiger partial charge on any atom is 0.0661 e. The van der Waals surface area contributed by atoms with E-state index in [1.807, 2.05) is 0 Å². The zero-order valence-electron chi connectivity index (χ0n) is 7.69. The van der Waals surface area contributed by atoms with E-state index in [0.717, 1.165) is 6.32 Å². The standard InChI is InChI=1S/C9H18BN/c1-9(2,7-10)8-5-3-4-6-11-8/h8,11H,3-7H2,1-2H3. The third-order valence-electron chi connectivity index (χ3n) is 2.78. The minimum absolute atomic E-state index is 0.278. The summed E-state index contributed by atoms with van der Waals surface area (Å²) in [6.07, 6.45) is 4.77. The first kappa shape index (κ1) is 9.12. The van der Waals surface area contributed by atoms with E-state index in [4.69, 9.17) is 7.85 Å². The third kappa shape index (κ3) is 2.23. The SMILES string of the molecule is [B]CC(C)(C)C1CCCCN1. The topological polar surface area (TPSA) is 12.0 Å². The second-order valence-electron chi connectivity index (χ2n) is 4.20. The number of rotatable bonds is 2. The van der Waals surface area contributed by atoms with Crippen molar-refractivity contribution in [1.29, 1.82) is 0 Å². The number of piperidine rings is 1. The number of hydrogen-bond donors (Lipinski definition) is 1. The normalized spacial score (nSPS) is 26.9. The summed E-state index contributed by atoms with van der Waals surface area (Å²) in [6, 6.07) is 0.640. The van der Waals surface area contributed by atoms with Crippen molar-refractivity contribution in [2.45, 2.75) is 45.5 Å². The van der Waals surface area contributed by atoms with Gasteiger partial charge < -0.3 is 5.32 Å². The van der Waals surface area contributed by atoms with Crippen LogP contribution in [-0.4, -0.2) is 20.4 Å². The molecular formula is C9H18BN. The maximum absolute atomic E-state index is 5.70. The molecule has 0 aliphatic carbocycles. The van der Waals surface area contributed by atoms with E-state index < -0.39 is 0 Å². The van der Waals surface area contributed by atoms with Crippen LogP contribution in [0.3, 0.4) is 0 Å². The molecule has 2 heteroatoms. The molecule has 0 spiro atoms. The molecule has 2 radical (unpaired) electrons. The van der Waals surface area contributed by atoms with Gasteiger partial charge in [-0.05, 0) is 24.8 Å².